The first-order chi connectivity index (χ1) is 6.39. The zero-order valence-corrected chi connectivity index (χ0v) is 9.68. The molecular weight excluding hydrogens is 200 g/mol. The molecule has 1 aliphatic rings. The minimum Gasteiger partial charge on any atom is -0.328 e. The van der Waals surface area contributed by atoms with Crippen LogP contribution in [0.4, 0.5) is 0 Å². The number of hydrogen-bond donors (Lipinski definition) is 2. The Morgan fingerprint density at radius 1 is 1.43 bits per heavy atom. The van der Waals surface area contributed by atoms with Crippen molar-refractivity contribution in [2.45, 2.75) is 45.2 Å². The molecule has 2 atom stereocenters. The van der Waals surface area contributed by atoms with Crippen molar-refractivity contribution in [3.63, 3.8) is 0 Å². The van der Waals surface area contributed by atoms with E-state index in [9.17, 15) is 8.42 Å². The second kappa shape index (κ2) is 4.59. The smallest absolute Gasteiger partial charge is 0.212 e. The highest BCUT2D eigenvalue weighted by Gasteiger charge is 2.28. The Bertz CT molecular complexity index is 271. The van der Waals surface area contributed by atoms with Gasteiger partial charge in [0.15, 0.2) is 0 Å². The van der Waals surface area contributed by atoms with Crippen molar-refractivity contribution in [1.82, 2.24) is 4.72 Å². The summed E-state index contributed by atoms with van der Waals surface area (Å²) in [6.45, 7) is 3.74. The fourth-order valence-electron chi connectivity index (χ4n) is 1.56. The number of nitrogens with one attached hydrogen (secondary N) is 1. The van der Waals surface area contributed by atoms with Crippen LogP contribution in [0.15, 0.2) is 0 Å². The van der Waals surface area contributed by atoms with Crippen molar-refractivity contribution in [2.24, 2.45) is 11.7 Å². The first-order valence-corrected chi connectivity index (χ1v) is 6.80. The molecule has 0 aromatic rings. The SMILES string of the molecule is CC(N)CC(C)NS(=O)(=O)CC1CC1. The molecule has 5 heteroatoms. The first-order valence-electron chi connectivity index (χ1n) is 5.14. The van der Waals surface area contributed by atoms with Crippen LogP contribution in [0, 0.1) is 5.92 Å². The summed E-state index contributed by atoms with van der Waals surface area (Å²) in [6.07, 6.45) is 2.80. The standard InChI is InChI=1S/C9H20N2O2S/c1-7(10)5-8(2)11-14(12,13)6-9-3-4-9/h7-9,11H,3-6,10H2,1-2H3. The first kappa shape index (κ1) is 11.9. The van der Waals surface area contributed by atoms with E-state index in [1.807, 2.05) is 13.8 Å². The third-order valence-corrected chi connectivity index (χ3v) is 3.93. The van der Waals surface area contributed by atoms with Crippen LogP contribution in [0.3, 0.4) is 0 Å². The summed E-state index contributed by atoms with van der Waals surface area (Å²) >= 11 is 0. The van der Waals surface area contributed by atoms with Gasteiger partial charge in [-0.3, -0.25) is 0 Å². The summed E-state index contributed by atoms with van der Waals surface area (Å²) in [5, 5.41) is 0. The predicted molar refractivity (Wildman–Crippen MR) is 57.4 cm³/mol. The molecule has 0 aromatic carbocycles. The Labute approximate surface area is 86.3 Å². The molecule has 1 fully saturated rings. The molecule has 14 heavy (non-hydrogen) atoms. The molecule has 84 valence electrons. The Morgan fingerprint density at radius 2 is 2.00 bits per heavy atom. The van der Waals surface area contributed by atoms with Crippen LogP contribution < -0.4 is 10.5 Å². The molecule has 4 nitrogen and oxygen atoms in total. The molecular formula is C9H20N2O2S. The zero-order valence-electron chi connectivity index (χ0n) is 8.86. The van der Waals surface area contributed by atoms with E-state index in [1.54, 1.807) is 0 Å². The van der Waals surface area contributed by atoms with Crippen LogP contribution in [0.25, 0.3) is 0 Å². The van der Waals surface area contributed by atoms with Gasteiger partial charge in [0.2, 0.25) is 10.0 Å². The van der Waals surface area contributed by atoms with E-state index < -0.39 is 10.0 Å². The van der Waals surface area contributed by atoms with Crippen LogP contribution in [0.1, 0.15) is 33.1 Å². The maximum Gasteiger partial charge on any atom is 0.212 e. The van der Waals surface area contributed by atoms with Gasteiger partial charge in [0.1, 0.15) is 0 Å². The van der Waals surface area contributed by atoms with Crippen molar-refractivity contribution >= 4 is 10.0 Å². The summed E-state index contributed by atoms with van der Waals surface area (Å²) < 4.78 is 25.7. The molecule has 0 aliphatic heterocycles. The van der Waals surface area contributed by atoms with Gasteiger partial charge in [-0.15, -0.1) is 0 Å². The van der Waals surface area contributed by atoms with E-state index in [4.69, 9.17) is 5.73 Å². The quantitative estimate of drug-likeness (QED) is 0.682. The van der Waals surface area contributed by atoms with E-state index in [1.165, 1.54) is 0 Å². The molecule has 1 aliphatic carbocycles. The van der Waals surface area contributed by atoms with Crippen molar-refractivity contribution in [3.05, 3.63) is 0 Å². The summed E-state index contributed by atoms with van der Waals surface area (Å²) in [4.78, 5) is 0. The minimum atomic E-state index is -3.07. The summed E-state index contributed by atoms with van der Waals surface area (Å²) in [7, 11) is -3.07. The lowest BCUT2D eigenvalue weighted by molar-refractivity contribution is 0.517. The number of nitrogens with two attached hydrogens (primary N) is 1. The van der Waals surface area contributed by atoms with Crippen molar-refractivity contribution in [2.75, 3.05) is 5.75 Å². The minimum absolute atomic E-state index is 0.0358. The lowest BCUT2D eigenvalue weighted by Gasteiger charge is -2.15. The zero-order chi connectivity index (χ0) is 10.8. The molecule has 1 rings (SSSR count). The van der Waals surface area contributed by atoms with Gasteiger partial charge in [-0.2, -0.15) is 0 Å². The molecule has 2 unspecified atom stereocenters. The average molecular weight is 220 g/mol. The molecule has 1 saturated carbocycles. The Hall–Kier alpha value is -0.130. The Morgan fingerprint density at radius 3 is 2.43 bits per heavy atom. The highest BCUT2D eigenvalue weighted by Crippen LogP contribution is 2.30. The number of rotatable bonds is 6. The van der Waals surface area contributed by atoms with E-state index >= 15 is 0 Å². The van der Waals surface area contributed by atoms with Crippen LogP contribution >= 0.6 is 0 Å². The third kappa shape index (κ3) is 4.93. The Balaban J connectivity index is 2.33. The molecule has 0 heterocycles. The second-order valence-electron chi connectivity index (χ2n) is 4.46. The van der Waals surface area contributed by atoms with Crippen LogP contribution in [-0.4, -0.2) is 26.3 Å². The fourth-order valence-corrected chi connectivity index (χ4v) is 3.31. The van der Waals surface area contributed by atoms with Gasteiger partial charge in [-0.25, -0.2) is 13.1 Å². The fraction of sp³-hybridized carbons (Fsp3) is 1.00. The summed E-state index contributed by atoms with van der Waals surface area (Å²) in [5.41, 5.74) is 5.59. The van der Waals surface area contributed by atoms with Crippen LogP contribution in [0.2, 0.25) is 0 Å². The van der Waals surface area contributed by atoms with Gasteiger partial charge in [0.05, 0.1) is 5.75 Å². The van der Waals surface area contributed by atoms with E-state index in [-0.39, 0.29) is 17.8 Å². The maximum atomic E-state index is 11.5. The van der Waals surface area contributed by atoms with E-state index in [0.29, 0.717) is 12.3 Å². The van der Waals surface area contributed by atoms with E-state index in [0.717, 1.165) is 12.8 Å². The second-order valence-corrected chi connectivity index (χ2v) is 6.26. The van der Waals surface area contributed by atoms with Gasteiger partial charge in [-0.05, 0) is 39.0 Å². The molecule has 3 N–H and O–H groups in total. The third-order valence-electron chi connectivity index (χ3n) is 2.26. The van der Waals surface area contributed by atoms with Gasteiger partial charge < -0.3 is 5.73 Å². The van der Waals surface area contributed by atoms with Gasteiger partial charge >= 0.3 is 0 Å². The number of hydrogen-bond acceptors (Lipinski definition) is 3. The van der Waals surface area contributed by atoms with Gasteiger partial charge in [0, 0.05) is 12.1 Å². The predicted octanol–water partition coefficient (Wildman–Crippen LogP) is 0.442. The molecule has 0 aromatic heterocycles. The molecule has 0 spiro atoms. The topological polar surface area (TPSA) is 72.2 Å². The van der Waals surface area contributed by atoms with Gasteiger partial charge in [-0.1, -0.05) is 0 Å². The number of sulfonamides is 1. The Kier molecular flexibility index (Phi) is 3.92. The lowest BCUT2D eigenvalue weighted by Crippen LogP contribution is -2.38. The maximum absolute atomic E-state index is 11.5. The van der Waals surface area contributed by atoms with Crippen LogP contribution in [0.5, 0.6) is 0 Å². The van der Waals surface area contributed by atoms with Crippen molar-refractivity contribution in [1.29, 1.82) is 0 Å². The van der Waals surface area contributed by atoms with Gasteiger partial charge in [0.25, 0.3) is 0 Å². The normalized spacial score (nSPS) is 21.9. The lowest BCUT2D eigenvalue weighted by atomic mass is 10.1. The highest BCUT2D eigenvalue weighted by molar-refractivity contribution is 7.89. The molecule has 0 amide bonds. The largest absolute Gasteiger partial charge is 0.328 e. The summed E-state index contributed by atoms with van der Waals surface area (Å²) in [6, 6.07) is -0.0209. The molecule has 0 bridgehead atoms. The van der Waals surface area contributed by atoms with Crippen molar-refractivity contribution in [3.8, 4) is 0 Å². The monoisotopic (exact) mass is 220 g/mol. The summed E-state index contributed by atoms with van der Waals surface area (Å²) in [5.74, 6) is 0.686. The highest BCUT2D eigenvalue weighted by atomic mass is 32.2. The van der Waals surface area contributed by atoms with Crippen LogP contribution in [-0.2, 0) is 10.0 Å². The molecule has 0 radical (unpaired) electrons. The molecule has 0 saturated heterocycles. The van der Waals surface area contributed by atoms with Crippen molar-refractivity contribution < 1.29 is 8.42 Å². The average Bonchev–Trinajstić information content (AvgIpc) is 2.65. The van der Waals surface area contributed by atoms with E-state index in [2.05, 4.69) is 4.72 Å².